The molecule has 6 atom stereocenters. The first-order valence-electron chi connectivity index (χ1n) is 13.0. The number of halogens is 3. The number of nitrogens with one attached hydrogen (secondary N) is 3. The largest absolute Gasteiger partial charge is 0.393 e. The average Bonchev–Trinajstić information content (AvgIpc) is 3.47. The first-order valence-corrected chi connectivity index (χ1v) is 13.8. The van der Waals surface area contributed by atoms with Gasteiger partial charge < -0.3 is 21.1 Å². The summed E-state index contributed by atoms with van der Waals surface area (Å²) in [7, 11) is 0. The molecule has 2 amide bonds. The van der Waals surface area contributed by atoms with Gasteiger partial charge in [0.15, 0.2) is 0 Å². The zero-order valence-corrected chi connectivity index (χ0v) is 23.5. The Kier molecular flexibility index (Phi) is 8.43. The molecule has 4 N–H and O–H groups in total. The van der Waals surface area contributed by atoms with E-state index < -0.39 is 36.2 Å². The molecule has 206 valence electrons. The molecule has 6 nitrogen and oxygen atoms in total. The fraction of sp³-hybridized carbons (Fsp3) is 0.517. The maximum absolute atomic E-state index is 14.1. The lowest BCUT2D eigenvalue weighted by atomic mass is 9.62. The van der Waals surface area contributed by atoms with Crippen molar-refractivity contribution >= 4 is 40.7 Å². The summed E-state index contributed by atoms with van der Waals surface area (Å²) in [6.07, 6.45) is 6.71. The molecule has 2 fully saturated rings. The number of hydrogen-bond acceptors (Lipinski definition) is 4. The molecule has 0 unspecified atom stereocenters. The van der Waals surface area contributed by atoms with Crippen LogP contribution in [0.3, 0.4) is 0 Å². The highest BCUT2D eigenvalue weighted by molar-refractivity contribution is 6.31. The first-order chi connectivity index (χ1) is 17.9. The molecule has 1 aromatic rings. The minimum absolute atomic E-state index is 0.0339. The number of rotatable bonds is 7. The van der Waals surface area contributed by atoms with Crippen LogP contribution in [-0.4, -0.2) is 47.8 Å². The molecule has 4 rings (SSSR count). The fourth-order valence-corrected chi connectivity index (χ4v) is 6.52. The molecule has 1 saturated carbocycles. The van der Waals surface area contributed by atoms with Crippen molar-refractivity contribution in [2.24, 2.45) is 11.3 Å². The van der Waals surface area contributed by atoms with Crippen molar-refractivity contribution in [2.45, 2.75) is 76.1 Å². The van der Waals surface area contributed by atoms with Gasteiger partial charge in [0.1, 0.15) is 12.1 Å². The minimum Gasteiger partial charge on any atom is -0.393 e. The quantitative estimate of drug-likeness (QED) is 0.345. The molecule has 1 aliphatic carbocycles. The molecule has 0 aromatic heterocycles. The molecule has 1 aromatic carbocycles. The molecular weight excluding hydrogens is 528 g/mol. The number of carbonyl (C=O) groups is 2. The van der Waals surface area contributed by atoms with Crippen LogP contribution < -0.4 is 16.0 Å². The summed E-state index contributed by atoms with van der Waals surface area (Å²) in [5.74, 6) is -1.12. The number of aliphatic hydroxyl groups is 1. The summed E-state index contributed by atoms with van der Waals surface area (Å²) in [6.45, 7) is 9.78. The normalized spacial score (nSPS) is 31.2. The number of aliphatic hydroxyl groups excluding tert-OH is 1. The summed E-state index contributed by atoms with van der Waals surface area (Å²) >= 11 is 12.1. The van der Waals surface area contributed by atoms with Crippen molar-refractivity contribution in [3.8, 4) is 0 Å². The van der Waals surface area contributed by atoms with E-state index in [1.165, 1.54) is 6.08 Å². The molecule has 2 heterocycles. The van der Waals surface area contributed by atoms with E-state index in [1.54, 1.807) is 24.3 Å². The number of allylic oxidation sites excluding steroid dienone is 4. The van der Waals surface area contributed by atoms with Crippen molar-refractivity contribution in [3.05, 3.63) is 64.2 Å². The Hall–Kier alpha value is -2.19. The van der Waals surface area contributed by atoms with Crippen LogP contribution in [0.25, 0.3) is 0 Å². The Morgan fingerprint density at radius 2 is 2.08 bits per heavy atom. The van der Waals surface area contributed by atoms with Crippen molar-refractivity contribution < 1.29 is 19.1 Å². The van der Waals surface area contributed by atoms with Crippen LogP contribution in [0, 0.1) is 11.3 Å². The minimum atomic E-state index is -1.14. The van der Waals surface area contributed by atoms with Gasteiger partial charge in [-0.3, -0.25) is 9.59 Å². The molecule has 2 aliphatic heterocycles. The van der Waals surface area contributed by atoms with E-state index in [2.05, 4.69) is 43.3 Å². The summed E-state index contributed by atoms with van der Waals surface area (Å²) in [4.78, 5) is 27.9. The van der Waals surface area contributed by atoms with Crippen LogP contribution in [0.4, 0.5) is 10.1 Å². The monoisotopic (exact) mass is 563 g/mol. The number of amides is 2. The van der Waals surface area contributed by atoms with Gasteiger partial charge in [0.25, 0.3) is 0 Å². The molecule has 0 radical (unpaired) electrons. The second-order valence-corrected chi connectivity index (χ2v) is 12.7. The molecule has 0 bridgehead atoms. The zero-order chi connectivity index (χ0) is 27.8. The van der Waals surface area contributed by atoms with E-state index in [0.717, 1.165) is 5.56 Å². The van der Waals surface area contributed by atoms with Gasteiger partial charge in [0.2, 0.25) is 11.8 Å². The van der Waals surface area contributed by atoms with Gasteiger partial charge in [0, 0.05) is 33.7 Å². The van der Waals surface area contributed by atoms with E-state index >= 15 is 0 Å². The number of hydrogen-bond donors (Lipinski definition) is 4. The SMILES string of the molecule is C=C(/C=C\C=C(\Cl)CF)[C@H]1[C@H](C(=O)N[C@H]2CC[C@H](O)C2)N[C@H](CC(C)(C)C)[C@]12C(=O)Nc1cc(Cl)ccc12. The highest BCUT2D eigenvalue weighted by Gasteiger charge is 2.65. The van der Waals surface area contributed by atoms with E-state index in [4.69, 9.17) is 23.2 Å². The van der Waals surface area contributed by atoms with Gasteiger partial charge in [-0.25, -0.2) is 4.39 Å². The molecule has 1 saturated heterocycles. The van der Waals surface area contributed by atoms with Gasteiger partial charge in [-0.15, -0.1) is 0 Å². The van der Waals surface area contributed by atoms with E-state index in [-0.39, 0.29) is 28.3 Å². The van der Waals surface area contributed by atoms with Gasteiger partial charge in [-0.05, 0) is 60.4 Å². The highest BCUT2D eigenvalue weighted by Crippen LogP contribution is 2.55. The van der Waals surface area contributed by atoms with E-state index in [9.17, 15) is 19.1 Å². The fourth-order valence-electron chi connectivity index (χ4n) is 6.28. The van der Waals surface area contributed by atoms with Gasteiger partial charge in [-0.2, -0.15) is 0 Å². The van der Waals surface area contributed by atoms with Crippen molar-refractivity contribution in [1.82, 2.24) is 10.6 Å². The molecule has 9 heteroatoms. The molecule has 38 heavy (non-hydrogen) atoms. The topological polar surface area (TPSA) is 90.5 Å². The van der Waals surface area contributed by atoms with Gasteiger partial charge in [-0.1, -0.05) is 68.8 Å². The molecule has 1 spiro atoms. The molecular formula is C29H36Cl2FN3O3. The van der Waals surface area contributed by atoms with Gasteiger partial charge in [0.05, 0.1) is 12.1 Å². The third-order valence-corrected chi connectivity index (χ3v) is 8.23. The van der Waals surface area contributed by atoms with Crippen LogP contribution in [0.2, 0.25) is 5.02 Å². The van der Waals surface area contributed by atoms with Crippen LogP contribution in [0.15, 0.2) is 53.6 Å². The second-order valence-electron chi connectivity index (χ2n) is 11.8. The number of benzene rings is 1. The Bertz CT molecular complexity index is 1180. The number of anilines is 1. The van der Waals surface area contributed by atoms with Gasteiger partial charge >= 0.3 is 0 Å². The summed E-state index contributed by atoms with van der Waals surface area (Å²) in [6, 6.07) is 4.02. The molecule has 3 aliphatic rings. The Morgan fingerprint density at radius 3 is 2.71 bits per heavy atom. The van der Waals surface area contributed by atoms with E-state index in [1.807, 2.05) is 6.07 Å². The smallest absolute Gasteiger partial charge is 0.238 e. The Morgan fingerprint density at radius 1 is 1.34 bits per heavy atom. The third-order valence-electron chi connectivity index (χ3n) is 7.77. The van der Waals surface area contributed by atoms with Crippen LogP contribution in [0.1, 0.15) is 52.0 Å². The zero-order valence-electron chi connectivity index (χ0n) is 22.0. The highest BCUT2D eigenvalue weighted by atomic mass is 35.5. The lowest BCUT2D eigenvalue weighted by Gasteiger charge is -2.37. The van der Waals surface area contributed by atoms with Crippen LogP contribution in [0.5, 0.6) is 0 Å². The van der Waals surface area contributed by atoms with Crippen LogP contribution >= 0.6 is 23.2 Å². The van der Waals surface area contributed by atoms with Crippen molar-refractivity contribution in [1.29, 1.82) is 0 Å². The third kappa shape index (κ3) is 5.57. The predicted octanol–water partition coefficient (Wildman–Crippen LogP) is 5.16. The number of alkyl halides is 1. The average molecular weight is 565 g/mol. The second kappa shape index (κ2) is 11.1. The summed E-state index contributed by atoms with van der Waals surface area (Å²) in [5.41, 5.74) is 0.611. The Balaban J connectivity index is 1.83. The number of fused-ring (bicyclic) bond motifs is 2. The van der Waals surface area contributed by atoms with Crippen LogP contribution in [-0.2, 0) is 15.0 Å². The predicted molar refractivity (Wildman–Crippen MR) is 150 cm³/mol. The maximum Gasteiger partial charge on any atom is 0.238 e. The summed E-state index contributed by atoms with van der Waals surface area (Å²) < 4.78 is 12.9. The Labute approximate surface area is 233 Å². The van der Waals surface area contributed by atoms with Crippen molar-refractivity contribution in [2.75, 3.05) is 12.0 Å². The summed E-state index contributed by atoms with van der Waals surface area (Å²) in [5, 5.41) is 20.2. The standard InChI is InChI=1S/C29H36Cl2FN3O3/c1-16(6-5-7-18(31)15-32)24-25(26(37)33-19-9-10-20(36)13-19)35-23(14-28(2,3)4)29(24)21-11-8-17(30)12-22(21)34-27(29)38/h5-8,11-12,19-20,23-25,35-36H,1,9-10,13-15H2,2-4H3,(H,33,37)(H,34,38)/b6-5-,18-7+/t19-,20-,23+,24-,25+,29-/m0/s1. The van der Waals surface area contributed by atoms with Crippen molar-refractivity contribution in [3.63, 3.8) is 0 Å². The first kappa shape index (κ1) is 28.8. The van der Waals surface area contributed by atoms with E-state index in [0.29, 0.717) is 42.0 Å². The maximum atomic E-state index is 14.1. The lowest BCUT2D eigenvalue weighted by Crippen LogP contribution is -2.51. The number of carbonyl (C=O) groups excluding carboxylic acids is 2. The lowest BCUT2D eigenvalue weighted by molar-refractivity contribution is -0.125.